The predicted molar refractivity (Wildman–Crippen MR) is 118 cm³/mol. The van der Waals surface area contributed by atoms with Crippen LogP contribution in [0.1, 0.15) is 0 Å². The van der Waals surface area contributed by atoms with Gasteiger partial charge in [-0.3, -0.25) is 20.1 Å². The zero-order valence-electron chi connectivity index (χ0n) is 16.2. The van der Waals surface area contributed by atoms with E-state index in [1.807, 2.05) is 36.4 Å². The Kier molecular flexibility index (Phi) is 3.86. The van der Waals surface area contributed by atoms with E-state index in [0.717, 1.165) is 50.1 Å². The highest BCUT2D eigenvalue weighted by Gasteiger charge is 2.16. The molecule has 5 heterocycles. The van der Waals surface area contributed by atoms with Crippen LogP contribution in [0.15, 0.2) is 79.4 Å². The van der Waals surface area contributed by atoms with Gasteiger partial charge in [0.05, 0.1) is 40.5 Å². The smallest absolute Gasteiger partial charge is 0.131 e. The molecular formula is C24H15FN6. The molecule has 7 heteroatoms. The molecule has 6 rings (SSSR count). The molecule has 0 radical (unpaired) electrons. The lowest BCUT2D eigenvalue weighted by atomic mass is 10.0. The summed E-state index contributed by atoms with van der Waals surface area (Å²) in [5.41, 5.74) is 6.00. The minimum atomic E-state index is -0.282. The third-order valence-electron chi connectivity index (χ3n) is 5.34. The first-order valence-electron chi connectivity index (χ1n) is 9.75. The molecule has 0 aliphatic carbocycles. The number of hydrogen-bond donors (Lipinski definition) is 2. The third-order valence-corrected chi connectivity index (χ3v) is 5.34. The molecule has 6 nitrogen and oxygen atoms in total. The van der Waals surface area contributed by atoms with Crippen LogP contribution in [0.3, 0.4) is 0 Å². The number of halogens is 1. The SMILES string of the molecule is Fc1ccccc1-c1cncc2[nH]c(-c3n[nH]c4cnc(-c5ccccn5)cc34)cc12. The van der Waals surface area contributed by atoms with Gasteiger partial charge in [0.2, 0.25) is 0 Å². The molecule has 148 valence electrons. The quantitative estimate of drug-likeness (QED) is 0.414. The lowest BCUT2D eigenvalue weighted by Crippen LogP contribution is -1.86. The fourth-order valence-corrected chi connectivity index (χ4v) is 3.85. The van der Waals surface area contributed by atoms with Crippen LogP contribution < -0.4 is 0 Å². The van der Waals surface area contributed by atoms with Crippen molar-refractivity contribution in [3.63, 3.8) is 0 Å². The number of fused-ring (bicyclic) bond motifs is 2. The first kappa shape index (κ1) is 17.5. The lowest BCUT2D eigenvalue weighted by Gasteiger charge is -2.03. The number of aromatic nitrogens is 6. The van der Waals surface area contributed by atoms with Gasteiger partial charge in [-0.1, -0.05) is 24.3 Å². The summed E-state index contributed by atoms with van der Waals surface area (Å²) >= 11 is 0. The zero-order valence-corrected chi connectivity index (χ0v) is 16.2. The highest BCUT2D eigenvalue weighted by molar-refractivity contribution is 6.01. The van der Waals surface area contributed by atoms with Crippen LogP contribution in [-0.4, -0.2) is 30.1 Å². The van der Waals surface area contributed by atoms with Crippen LogP contribution in [0.4, 0.5) is 4.39 Å². The molecule has 0 aliphatic heterocycles. The van der Waals surface area contributed by atoms with Gasteiger partial charge in [-0.2, -0.15) is 5.10 Å². The Bertz CT molecular complexity index is 1550. The second kappa shape index (κ2) is 6.84. The molecule has 6 aromatic rings. The fraction of sp³-hybridized carbons (Fsp3) is 0. The van der Waals surface area contributed by atoms with Crippen LogP contribution >= 0.6 is 0 Å². The van der Waals surface area contributed by atoms with Crippen LogP contribution in [-0.2, 0) is 0 Å². The van der Waals surface area contributed by atoms with Crippen molar-refractivity contribution in [1.82, 2.24) is 30.1 Å². The number of aromatic amines is 2. The van der Waals surface area contributed by atoms with E-state index in [0.29, 0.717) is 5.56 Å². The van der Waals surface area contributed by atoms with Gasteiger partial charge in [0.1, 0.15) is 11.5 Å². The normalized spacial score (nSPS) is 11.4. The van der Waals surface area contributed by atoms with Gasteiger partial charge in [-0.25, -0.2) is 4.39 Å². The summed E-state index contributed by atoms with van der Waals surface area (Å²) in [7, 11) is 0. The Balaban J connectivity index is 1.53. The molecule has 0 unspecified atom stereocenters. The molecule has 0 amide bonds. The molecule has 1 aromatic carbocycles. The second-order valence-corrected chi connectivity index (χ2v) is 7.21. The molecule has 0 atom stereocenters. The van der Waals surface area contributed by atoms with E-state index in [1.165, 1.54) is 6.07 Å². The Labute approximate surface area is 175 Å². The molecule has 0 fully saturated rings. The summed E-state index contributed by atoms with van der Waals surface area (Å²) in [6, 6.07) is 16.4. The Morgan fingerprint density at radius 2 is 1.65 bits per heavy atom. The maximum Gasteiger partial charge on any atom is 0.131 e. The highest BCUT2D eigenvalue weighted by Crippen LogP contribution is 2.34. The Morgan fingerprint density at radius 3 is 2.52 bits per heavy atom. The van der Waals surface area contributed by atoms with Crippen molar-refractivity contribution in [3.8, 4) is 33.9 Å². The maximum atomic E-state index is 14.4. The Morgan fingerprint density at radius 1 is 0.742 bits per heavy atom. The summed E-state index contributed by atoms with van der Waals surface area (Å²) in [6.07, 6.45) is 6.92. The van der Waals surface area contributed by atoms with E-state index in [1.54, 1.807) is 36.9 Å². The van der Waals surface area contributed by atoms with Gasteiger partial charge in [-0.05, 0) is 30.3 Å². The van der Waals surface area contributed by atoms with E-state index < -0.39 is 0 Å². The van der Waals surface area contributed by atoms with Crippen LogP contribution in [0.5, 0.6) is 0 Å². The van der Waals surface area contributed by atoms with Crippen LogP contribution in [0, 0.1) is 5.82 Å². The van der Waals surface area contributed by atoms with Gasteiger partial charge in [-0.15, -0.1) is 0 Å². The minimum absolute atomic E-state index is 0.282. The van der Waals surface area contributed by atoms with Gasteiger partial charge in [0, 0.05) is 34.3 Å². The lowest BCUT2D eigenvalue weighted by molar-refractivity contribution is 0.631. The van der Waals surface area contributed by atoms with E-state index in [9.17, 15) is 4.39 Å². The second-order valence-electron chi connectivity index (χ2n) is 7.21. The van der Waals surface area contributed by atoms with E-state index in [-0.39, 0.29) is 5.82 Å². The first-order valence-corrected chi connectivity index (χ1v) is 9.75. The molecule has 0 aliphatic rings. The van der Waals surface area contributed by atoms with Crippen molar-refractivity contribution in [3.05, 3.63) is 85.2 Å². The number of benzene rings is 1. The number of H-pyrrole nitrogens is 2. The predicted octanol–water partition coefficient (Wildman–Crippen LogP) is 5.37. The largest absolute Gasteiger partial charge is 0.352 e. The van der Waals surface area contributed by atoms with Crippen molar-refractivity contribution in [2.45, 2.75) is 0 Å². The summed E-state index contributed by atoms with van der Waals surface area (Å²) in [5, 5.41) is 9.34. The third kappa shape index (κ3) is 2.86. The summed E-state index contributed by atoms with van der Waals surface area (Å²) in [4.78, 5) is 16.6. The van der Waals surface area contributed by atoms with Gasteiger partial charge >= 0.3 is 0 Å². The van der Waals surface area contributed by atoms with Crippen LogP contribution in [0.25, 0.3) is 55.7 Å². The van der Waals surface area contributed by atoms with Crippen molar-refractivity contribution in [2.24, 2.45) is 0 Å². The van der Waals surface area contributed by atoms with Gasteiger partial charge in [0.15, 0.2) is 0 Å². The molecular weight excluding hydrogens is 391 g/mol. The zero-order chi connectivity index (χ0) is 20.8. The van der Waals surface area contributed by atoms with Crippen LogP contribution in [0.2, 0.25) is 0 Å². The maximum absolute atomic E-state index is 14.4. The molecule has 0 bridgehead atoms. The number of nitrogens with one attached hydrogen (secondary N) is 2. The minimum Gasteiger partial charge on any atom is -0.352 e. The van der Waals surface area contributed by atoms with Crippen molar-refractivity contribution in [1.29, 1.82) is 0 Å². The standard InChI is InChI=1S/C24H15FN6/c25-18-6-2-1-5-14(18)17-11-26-12-22-15(17)9-21(29-22)24-16-10-20(19-7-3-4-8-27-19)28-13-23(16)30-31-24/h1-13,29H,(H,30,31). The molecule has 0 spiro atoms. The average molecular weight is 406 g/mol. The monoisotopic (exact) mass is 406 g/mol. The summed E-state index contributed by atoms with van der Waals surface area (Å²) < 4.78 is 14.4. The van der Waals surface area contributed by atoms with Crippen molar-refractivity contribution < 1.29 is 4.39 Å². The van der Waals surface area contributed by atoms with Crippen molar-refractivity contribution >= 4 is 21.8 Å². The average Bonchev–Trinajstić information content (AvgIpc) is 3.43. The summed E-state index contributed by atoms with van der Waals surface area (Å²) in [6.45, 7) is 0. The topological polar surface area (TPSA) is 83.1 Å². The Hall–Kier alpha value is -4.39. The fourth-order valence-electron chi connectivity index (χ4n) is 3.85. The van der Waals surface area contributed by atoms with E-state index in [4.69, 9.17) is 0 Å². The number of pyridine rings is 3. The molecule has 31 heavy (non-hydrogen) atoms. The number of hydrogen-bond acceptors (Lipinski definition) is 4. The van der Waals surface area contributed by atoms with Crippen molar-refractivity contribution in [2.75, 3.05) is 0 Å². The van der Waals surface area contributed by atoms with E-state index in [2.05, 4.69) is 30.1 Å². The number of rotatable bonds is 3. The molecule has 0 saturated heterocycles. The van der Waals surface area contributed by atoms with E-state index >= 15 is 0 Å². The molecule has 5 aromatic heterocycles. The first-order chi connectivity index (χ1) is 15.3. The highest BCUT2D eigenvalue weighted by atomic mass is 19.1. The number of nitrogens with zero attached hydrogens (tertiary/aromatic N) is 4. The summed E-state index contributed by atoms with van der Waals surface area (Å²) in [5.74, 6) is -0.282. The van der Waals surface area contributed by atoms with Gasteiger partial charge < -0.3 is 4.98 Å². The van der Waals surface area contributed by atoms with Gasteiger partial charge in [0.25, 0.3) is 0 Å². The molecule has 2 N–H and O–H groups in total. The molecule has 0 saturated carbocycles.